The Morgan fingerprint density at radius 1 is 1.29 bits per heavy atom. The minimum absolute atomic E-state index is 0.0815. The molecule has 0 aliphatic heterocycles. The summed E-state index contributed by atoms with van der Waals surface area (Å²) in [5, 5.41) is 3.04. The molecule has 1 aromatic carbocycles. The summed E-state index contributed by atoms with van der Waals surface area (Å²) >= 11 is 4.06. The van der Waals surface area contributed by atoms with E-state index in [2.05, 4.69) is 43.9 Å². The molecular weight excluding hydrogens is 230 g/mol. The number of aryl methyl sites for hydroxylation is 1. The smallest absolute Gasteiger partial charge is 0.221 e. The summed E-state index contributed by atoms with van der Waals surface area (Å²) in [5.74, 6) is 0.679. The van der Waals surface area contributed by atoms with Crippen LogP contribution >= 0.6 is 12.6 Å². The molecule has 17 heavy (non-hydrogen) atoms. The van der Waals surface area contributed by atoms with Gasteiger partial charge in [0.15, 0.2) is 0 Å². The molecule has 0 spiro atoms. The predicted molar refractivity (Wildman–Crippen MR) is 75.5 cm³/mol. The Kier molecular flexibility index (Phi) is 5.56. The van der Waals surface area contributed by atoms with Gasteiger partial charge >= 0.3 is 0 Å². The minimum Gasteiger partial charge on any atom is -0.351 e. The Hall–Kier alpha value is -0.960. The number of carbonyl (C=O) groups is 1. The number of nitrogens with one attached hydrogen (secondary N) is 1. The second-order valence-electron chi connectivity index (χ2n) is 4.89. The lowest BCUT2D eigenvalue weighted by atomic mass is 9.95. The first kappa shape index (κ1) is 14.1. The monoisotopic (exact) mass is 251 g/mol. The Balaban J connectivity index is 2.41. The maximum atomic E-state index is 11.5. The van der Waals surface area contributed by atoms with Crippen LogP contribution in [0.5, 0.6) is 0 Å². The Morgan fingerprint density at radius 2 is 1.94 bits per heavy atom. The third-order valence-corrected chi connectivity index (χ3v) is 2.92. The molecule has 0 aliphatic carbocycles. The summed E-state index contributed by atoms with van der Waals surface area (Å²) < 4.78 is 0. The van der Waals surface area contributed by atoms with Gasteiger partial charge in [-0.2, -0.15) is 12.6 Å². The molecule has 0 atom stereocenters. The van der Waals surface area contributed by atoms with E-state index in [1.165, 1.54) is 5.56 Å². The maximum absolute atomic E-state index is 11.5. The molecule has 3 heteroatoms. The van der Waals surface area contributed by atoms with E-state index >= 15 is 0 Å². The normalized spacial score (nSPS) is 11.2. The van der Waals surface area contributed by atoms with Gasteiger partial charge in [0, 0.05) is 12.0 Å². The zero-order valence-corrected chi connectivity index (χ0v) is 11.5. The molecule has 1 rings (SSSR count). The Labute approximate surface area is 109 Å². The van der Waals surface area contributed by atoms with E-state index < -0.39 is 0 Å². The molecule has 2 nitrogen and oxygen atoms in total. The average molecular weight is 251 g/mol. The summed E-state index contributed by atoms with van der Waals surface area (Å²) in [6, 6.07) is 10.3. The van der Waals surface area contributed by atoms with E-state index in [1.807, 2.05) is 18.2 Å². The molecule has 0 aliphatic rings. The Morgan fingerprint density at radius 3 is 2.53 bits per heavy atom. The largest absolute Gasteiger partial charge is 0.351 e. The third-order valence-electron chi connectivity index (χ3n) is 2.70. The molecule has 1 aromatic rings. The number of amides is 1. The standard InChI is InChI=1S/C14H21NOS/c1-14(2,15-13(16)9-11-17)10-8-12-6-4-3-5-7-12/h3-7,17H,8-11H2,1-2H3,(H,15,16). The average Bonchev–Trinajstić information content (AvgIpc) is 2.27. The van der Waals surface area contributed by atoms with Crippen molar-refractivity contribution in [2.45, 2.75) is 38.6 Å². The van der Waals surface area contributed by atoms with Gasteiger partial charge in [0.25, 0.3) is 0 Å². The highest BCUT2D eigenvalue weighted by atomic mass is 32.1. The van der Waals surface area contributed by atoms with Gasteiger partial charge in [-0.1, -0.05) is 30.3 Å². The highest BCUT2D eigenvalue weighted by Crippen LogP contribution is 2.13. The zero-order valence-electron chi connectivity index (χ0n) is 10.6. The summed E-state index contributed by atoms with van der Waals surface area (Å²) in [7, 11) is 0. The first-order valence-electron chi connectivity index (χ1n) is 5.99. The van der Waals surface area contributed by atoms with Crippen LogP contribution < -0.4 is 5.32 Å². The molecule has 0 unspecified atom stereocenters. The van der Waals surface area contributed by atoms with E-state index in [0.717, 1.165) is 12.8 Å². The molecule has 0 bridgehead atoms. The highest BCUT2D eigenvalue weighted by Gasteiger charge is 2.19. The highest BCUT2D eigenvalue weighted by molar-refractivity contribution is 7.80. The van der Waals surface area contributed by atoms with Gasteiger partial charge in [-0.05, 0) is 38.0 Å². The van der Waals surface area contributed by atoms with E-state index in [1.54, 1.807) is 0 Å². The quantitative estimate of drug-likeness (QED) is 0.748. The lowest BCUT2D eigenvalue weighted by Crippen LogP contribution is -2.43. The fourth-order valence-corrected chi connectivity index (χ4v) is 1.91. The van der Waals surface area contributed by atoms with Gasteiger partial charge in [-0.25, -0.2) is 0 Å². The van der Waals surface area contributed by atoms with Gasteiger partial charge in [-0.15, -0.1) is 0 Å². The van der Waals surface area contributed by atoms with E-state index in [-0.39, 0.29) is 11.4 Å². The molecular formula is C14H21NOS. The van der Waals surface area contributed by atoms with E-state index in [9.17, 15) is 4.79 Å². The fraction of sp³-hybridized carbons (Fsp3) is 0.500. The van der Waals surface area contributed by atoms with Crippen molar-refractivity contribution in [2.75, 3.05) is 5.75 Å². The van der Waals surface area contributed by atoms with Crippen LogP contribution in [0.15, 0.2) is 30.3 Å². The number of carbonyl (C=O) groups excluding carboxylic acids is 1. The van der Waals surface area contributed by atoms with Crippen molar-refractivity contribution in [3.05, 3.63) is 35.9 Å². The van der Waals surface area contributed by atoms with Crippen molar-refractivity contribution in [1.29, 1.82) is 0 Å². The molecule has 0 saturated carbocycles. The molecule has 0 saturated heterocycles. The molecule has 0 aromatic heterocycles. The second-order valence-corrected chi connectivity index (χ2v) is 5.34. The van der Waals surface area contributed by atoms with Crippen LogP contribution in [0, 0.1) is 0 Å². The van der Waals surface area contributed by atoms with Gasteiger partial charge in [-0.3, -0.25) is 4.79 Å². The molecule has 0 radical (unpaired) electrons. The minimum atomic E-state index is -0.157. The molecule has 94 valence electrons. The summed E-state index contributed by atoms with van der Waals surface area (Å²) in [6.07, 6.45) is 2.40. The van der Waals surface area contributed by atoms with Crippen LogP contribution in [0.1, 0.15) is 32.3 Å². The molecule has 1 amide bonds. The van der Waals surface area contributed by atoms with Crippen molar-refractivity contribution >= 4 is 18.5 Å². The number of hydrogen-bond donors (Lipinski definition) is 2. The van der Waals surface area contributed by atoms with Crippen LogP contribution in [0.2, 0.25) is 0 Å². The molecule has 1 N–H and O–H groups in total. The number of thiol groups is 1. The van der Waals surface area contributed by atoms with Crippen LogP contribution in [0.4, 0.5) is 0 Å². The summed E-state index contributed by atoms with van der Waals surface area (Å²) in [5.41, 5.74) is 1.15. The van der Waals surface area contributed by atoms with Crippen molar-refractivity contribution in [1.82, 2.24) is 5.32 Å². The molecule has 0 fully saturated rings. The molecule has 0 heterocycles. The van der Waals surface area contributed by atoms with E-state index in [0.29, 0.717) is 12.2 Å². The maximum Gasteiger partial charge on any atom is 0.221 e. The van der Waals surface area contributed by atoms with Crippen LogP contribution in [-0.2, 0) is 11.2 Å². The number of benzene rings is 1. The van der Waals surface area contributed by atoms with Crippen molar-refractivity contribution in [3.63, 3.8) is 0 Å². The SMILES string of the molecule is CC(C)(CCc1ccccc1)NC(=O)CCS. The summed E-state index contributed by atoms with van der Waals surface area (Å²) in [6.45, 7) is 4.12. The Bertz CT molecular complexity index is 348. The first-order chi connectivity index (χ1) is 8.03. The third kappa shape index (κ3) is 5.78. The second kappa shape index (κ2) is 6.70. The van der Waals surface area contributed by atoms with Gasteiger partial charge in [0.2, 0.25) is 5.91 Å². The van der Waals surface area contributed by atoms with Crippen molar-refractivity contribution in [2.24, 2.45) is 0 Å². The van der Waals surface area contributed by atoms with Crippen LogP contribution in [0.3, 0.4) is 0 Å². The topological polar surface area (TPSA) is 29.1 Å². The van der Waals surface area contributed by atoms with Gasteiger partial charge in [0.05, 0.1) is 0 Å². The summed E-state index contributed by atoms with van der Waals surface area (Å²) in [4.78, 5) is 11.5. The van der Waals surface area contributed by atoms with Crippen molar-refractivity contribution in [3.8, 4) is 0 Å². The van der Waals surface area contributed by atoms with Gasteiger partial charge < -0.3 is 5.32 Å². The van der Waals surface area contributed by atoms with Crippen molar-refractivity contribution < 1.29 is 4.79 Å². The zero-order chi connectivity index (χ0) is 12.7. The lowest BCUT2D eigenvalue weighted by molar-refractivity contribution is -0.122. The van der Waals surface area contributed by atoms with Gasteiger partial charge in [0.1, 0.15) is 0 Å². The fourth-order valence-electron chi connectivity index (χ4n) is 1.71. The van der Waals surface area contributed by atoms with Crippen LogP contribution in [-0.4, -0.2) is 17.2 Å². The lowest BCUT2D eigenvalue weighted by Gasteiger charge is -2.26. The number of hydrogen-bond acceptors (Lipinski definition) is 2. The van der Waals surface area contributed by atoms with E-state index in [4.69, 9.17) is 0 Å². The first-order valence-corrected chi connectivity index (χ1v) is 6.62. The van der Waals surface area contributed by atoms with Crippen LogP contribution in [0.25, 0.3) is 0 Å². The number of rotatable bonds is 6. The predicted octanol–water partition coefficient (Wildman–Crippen LogP) is 2.83.